The first-order chi connectivity index (χ1) is 11.7. The first-order valence-corrected chi connectivity index (χ1v) is 7.48. The molecule has 3 rings (SSSR count). The molecule has 0 saturated heterocycles. The van der Waals surface area contributed by atoms with E-state index < -0.39 is 0 Å². The number of benzene rings is 1. The van der Waals surface area contributed by atoms with Gasteiger partial charge in [0.25, 0.3) is 5.91 Å². The number of aromatic nitrogens is 2. The number of pyridine rings is 2. The van der Waals surface area contributed by atoms with Gasteiger partial charge in [0, 0.05) is 18.6 Å². The standard InChI is InChI=1S/C18H16N4O2/c1-19-18(24)15-7-4-8-16(21-15)22-17(23)10-12-9-13-5-2-3-6-14(13)20-11-12/h2-9,11H,10H2,1H3,(H,19,24)(H,21,22,23). The van der Waals surface area contributed by atoms with Crippen molar-refractivity contribution in [3.05, 3.63) is 66.0 Å². The molecule has 1 aromatic carbocycles. The fourth-order valence-electron chi connectivity index (χ4n) is 2.34. The van der Waals surface area contributed by atoms with Gasteiger partial charge in [-0.05, 0) is 29.8 Å². The van der Waals surface area contributed by atoms with Gasteiger partial charge in [-0.1, -0.05) is 24.3 Å². The lowest BCUT2D eigenvalue weighted by molar-refractivity contribution is -0.115. The predicted molar refractivity (Wildman–Crippen MR) is 91.7 cm³/mol. The summed E-state index contributed by atoms with van der Waals surface area (Å²) in [6.45, 7) is 0. The lowest BCUT2D eigenvalue weighted by Crippen LogP contribution is -2.21. The lowest BCUT2D eigenvalue weighted by Gasteiger charge is -2.07. The first kappa shape index (κ1) is 15.6. The SMILES string of the molecule is CNC(=O)c1cccc(NC(=O)Cc2cnc3ccccc3c2)n1. The van der Waals surface area contributed by atoms with Crippen molar-refractivity contribution in [1.29, 1.82) is 0 Å². The van der Waals surface area contributed by atoms with Crippen LogP contribution >= 0.6 is 0 Å². The number of carbonyl (C=O) groups excluding carboxylic acids is 2. The third-order valence-corrected chi connectivity index (χ3v) is 3.49. The molecular weight excluding hydrogens is 304 g/mol. The quantitative estimate of drug-likeness (QED) is 0.771. The molecule has 6 heteroatoms. The van der Waals surface area contributed by atoms with E-state index in [0.29, 0.717) is 5.82 Å². The molecule has 0 aliphatic carbocycles. The average Bonchev–Trinajstić information content (AvgIpc) is 2.61. The summed E-state index contributed by atoms with van der Waals surface area (Å²) in [4.78, 5) is 32.2. The van der Waals surface area contributed by atoms with Crippen LogP contribution in [-0.4, -0.2) is 28.8 Å². The highest BCUT2D eigenvalue weighted by molar-refractivity contribution is 5.94. The van der Waals surface area contributed by atoms with Crippen molar-refractivity contribution in [2.75, 3.05) is 12.4 Å². The number of hydrogen-bond acceptors (Lipinski definition) is 4. The molecule has 3 aromatic rings. The minimum Gasteiger partial charge on any atom is -0.354 e. The van der Waals surface area contributed by atoms with Gasteiger partial charge in [0.2, 0.25) is 5.91 Å². The highest BCUT2D eigenvalue weighted by Crippen LogP contribution is 2.13. The van der Waals surface area contributed by atoms with Gasteiger partial charge in [0.1, 0.15) is 11.5 Å². The molecule has 6 nitrogen and oxygen atoms in total. The van der Waals surface area contributed by atoms with Crippen LogP contribution in [0, 0.1) is 0 Å². The van der Waals surface area contributed by atoms with Crippen LogP contribution < -0.4 is 10.6 Å². The normalized spacial score (nSPS) is 10.4. The molecule has 2 heterocycles. The van der Waals surface area contributed by atoms with Gasteiger partial charge in [-0.2, -0.15) is 0 Å². The van der Waals surface area contributed by atoms with E-state index in [4.69, 9.17) is 0 Å². The summed E-state index contributed by atoms with van der Waals surface area (Å²) in [6, 6.07) is 14.6. The van der Waals surface area contributed by atoms with E-state index in [1.165, 1.54) is 7.05 Å². The van der Waals surface area contributed by atoms with Crippen LogP contribution in [0.1, 0.15) is 16.1 Å². The molecule has 2 amide bonds. The molecular formula is C18H16N4O2. The molecule has 2 N–H and O–H groups in total. The molecule has 2 aromatic heterocycles. The Balaban J connectivity index is 1.71. The Hall–Kier alpha value is -3.28. The second-order valence-corrected chi connectivity index (χ2v) is 5.25. The zero-order valence-electron chi connectivity index (χ0n) is 13.1. The van der Waals surface area contributed by atoms with E-state index in [2.05, 4.69) is 20.6 Å². The van der Waals surface area contributed by atoms with Crippen LogP contribution in [-0.2, 0) is 11.2 Å². The Morgan fingerprint density at radius 3 is 2.75 bits per heavy atom. The zero-order chi connectivity index (χ0) is 16.9. The fourth-order valence-corrected chi connectivity index (χ4v) is 2.34. The Bertz CT molecular complexity index is 908. The number of nitrogens with zero attached hydrogens (tertiary/aromatic N) is 2. The number of carbonyl (C=O) groups is 2. The largest absolute Gasteiger partial charge is 0.354 e. The first-order valence-electron chi connectivity index (χ1n) is 7.48. The molecule has 0 unspecified atom stereocenters. The zero-order valence-corrected chi connectivity index (χ0v) is 13.1. The molecule has 120 valence electrons. The summed E-state index contributed by atoms with van der Waals surface area (Å²) >= 11 is 0. The Kier molecular flexibility index (Phi) is 4.47. The minimum atomic E-state index is -0.301. The van der Waals surface area contributed by atoms with Crippen molar-refractivity contribution in [2.24, 2.45) is 0 Å². The van der Waals surface area contributed by atoms with E-state index in [1.807, 2.05) is 30.3 Å². The monoisotopic (exact) mass is 320 g/mol. The summed E-state index contributed by atoms with van der Waals surface area (Å²) in [6.07, 6.45) is 1.88. The molecule has 0 radical (unpaired) electrons. The summed E-state index contributed by atoms with van der Waals surface area (Å²) in [5.74, 6) is -0.173. The Labute approximate surface area is 138 Å². The van der Waals surface area contributed by atoms with E-state index in [9.17, 15) is 9.59 Å². The summed E-state index contributed by atoms with van der Waals surface area (Å²) in [5, 5.41) is 6.18. The van der Waals surface area contributed by atoms with Crippen molar-refractivity contribution in [2.45, 2.75) is 6.42 Å². The summed E-state index contributed by atoms with van der Waals surface area (Å²) < 4.78 is 0. The Morgan fingerprint density at radius 1 is 1.08 bits per heavy atom. The van der Waals surface area contributed by atoms with Crippen molar-refractivity contribution in [1.82, 2.24) is 15.3 Å². The maximum Gasteiger partial charge on any atom is 0.269 e. The topological polar surface area (TPSA) is 84.0 Å². The summed E-state index contributed by atoms with van der Waals surface area (Å²) in [5.41, 5.74) is 1.96. The van der Waals surface area contributed by atoms with Crippen LogP contribution in [0.15, 0.2) is 54.7 Å². The third kappa shape index (κ3) is 3.55. The molecule has 0 aliphatic heterocycles. The van der Waals surface area contributed by atoms with E-state index in [0.717, 1.165) is 16.5 Å². The summed E-state index contributed by atoms with van der Waals surface area (Å²) in [7, 11) is 1.53. The smallest absolute Gasteiger partial charge is 0.269 e. The molecule has 0 saturated carbocycles. The highest BCUT2D eigenvalue weighted by Gasteiger charge is 2.09. The lowest BCUT2D eigenvalue weighted by atomic mass is 10.1. The maximum absolute atomic E-state index is 12.2. The van der Waals surface area contributed by atoms with Crippen LogP contribution in [0.25, 0.3) is 10.9 Å². The average molecular weight is 320 g/mol. The van der Waals surface area contributed by atoms with Crippen LogP contribution in [0.3, 0.4) is 0 Å². The minimum absolute atomic E-state index is 0.184. The number of rotatable bonds is 4. The predicted octanol–water partition coefficient (Wildman–Crippen LogP) is 2.17. The molecule has 0 bridgehead atoms. The van der Waals surface area contributed by atoms with Gasteiger partial charge < -0.3 is 10.6 Å². The van der Waals surface area contributed by atoms with Crippen molar-refractivity contribution >= 4 is 28.5 Å². The van der Waals surface area contributed by atoms with Gasteiger partial charge in [0.15, 0.2) is 0 Å². The van der Waals surface area contributed by atoms with Crippen LogP contribution in [0.2, 0.25) is 0 Å². The number of para-hydroxylation sites is 1. The number of hydrogen-bond donors (Lipinski definition) is 2. The fraction of sp³-hybridized carbons (Fsp3) is 0.111. The number of fused-ring (bicyclic) bond motifs is 1. The van der Waals surface area contributed by atoms with Gasteiger partial charge in [0.05, 0.1) is 11.9 Å². The maximum atomic E-state index is 12.2. The molecule has 0 aliphatic rings. The van der Waals surface area contributed by atoms with Gasteiger partial charge in [-0.25, -0.2) is 4.98 Å². The second kappa shape index (κ2) is 6.87. The number of nitrogens with one attached hydrogen (secondary N) is 2. The van der Waals surface area contributed by atoms with Crippen molar-refractivity contribution in [3.8, 4) is 0 Å². The molecule has 0 fully saturated rings. The number of anilines is 1. The highest BCUT2D eigenvalue weighted by atomic mass is 16.2. The van der Waals surface area contributed by atoms with Crippen molar-refractivity contribution < 1.29 is 9.59 Å². The van der Waals surface area contributed by atoms with Crippen LogP contribution in [0.5, 0.6) is 0 Å². The van der Waals surface area contributed by atoms with Gasteiger partial charge >= 0.3 is 0 Å². The second-order valence-electron chi connectivity index (χ2n) is 5.25. The van der Waals surface area contributed by atoms with E-state index in [-0.39, 0.29) is 23.9 Å². The Morgan fingerprint density at radius 2 is 1.92 bits per heavy atom. The van der Waals surface area contributed by atoms with Crippen molar-refractivity contribution in [3.63, 3.8) is 0 Å². The van der Waals surface area contributed by atoms with E-state index in [1.54, 1.807) is 24.4 Å². The molecule has 0 atom stereocenters. The van der Waals surface area contributed by atoms with E-state index >= 15 is 0 Å². The van der Waals surface area contributed by atoms with Gasteiger partial charge in [-0.3, -0.25) is 14.6 Å². The molecule has 0 spiro atoms. The van der Waals surface area contributed by atoms with Gasteiger partial charge in [-0.15, -0.1) is 0 Å². The van der Waals surface area contributed by atoms with Crippen LogP contribution in [0.4, 0.5) is 5.82 Å². The molecule has 24 heavy (non-hydrogen) atoms. The number of amides is 2. The third-order valence-electron chi connectivity index (χ3n) is 3.49.